The average molecular weight is 605 g/mol. The monoisotopic (exact) mass is 604 g/mol. The summed E-state index contributed by atoms with van der Waals surface area (Å²) in [5, 5.41) is 0.766. The largest absolute Gasteiger partial charge is 0.493 e. The highest BCUT2D eigenvalue weighted by Gasteiger charge is 2.34. The van der Waals surface area contributed by atoms with Crippen LogP contribution in [0, 0.1) is 12.7 Å². The molecular weight excluding hydrogens is 571 g/mol. The first-order valence-corrected chi connectivity index (χ1v) is 14.5. The van der Waals surface area contributed by atoms with Crippen LogP contribution in [0.1, 0.15) is 44.9 Å². The van der Waals surface area contributed by atoms with Gasteiger partial charge in [-0.15, -0.1) is 0 Å². The molecule has 1 fully saturated rings. The van der Waals surface area contributed by atoms with Crippen molar-refractivity contribution in [2.24, 2.45) is 0 Å². The summed E-state index contributed by atoms with van der Waals surface area (Å²) >= 11 is 6.88. The standard InChI is InChI=1S/C32H34ClFN6O3/c1-8-25(41)38-15-20(6)39(16-19(38)5)30-22-14-23(33)27(21-10-9-11-24(34)29(21)43-7)36-31(22)40(32(42)37-30)28-18(4)12-13-35-26(28)17(2)3/h8-14,17,19-20H,1,15-16H2,2-7H3. The van der Waals surface area contributed by atoms with Gasteiger partial charge in [0, 0.05) is 36.9 Å². The number of aromatic nitrogens is 4. The molecule has 3 aromatic heterocycles. The molecule has 1 aromatic carbocycles. The number of piperazine rings is 1. The van der Waals surface area contributed by atoms with Gasteiger partial charge in [-0.1, -0.05) is 38.1 Å². The lowest BCUT2D eigenvalue weighted by Gasteiger charge is -2.44. The molecule has 2 atom stereocenters. The van der Waals surface area contributed by atoms with Crippen molar-refractivity contribution < 1.29 is 13.9 Å². The Kier molecular flexibility index (Phi) is 8.25. The molecule has 1 aliphatic rings. The highest BCUT2D eigenvalue weighted by molar-refractivity contribution is 6.34. The molecule has 2 unspecified atom stereocenters. The maximum Gasteiger partial charge on any atom is 0.355 e. The Morgan fingerprint density at radius 1 is 1.19 bits per heavy atom. The summed E-state index contributed by atoms with van der Waals surface area (Å²) in [5.41, 5.74) is 2.46. The van der Waals surface area contributed by atoms with Crippen LogP contribution in [0.2, 0.25) is 5.02 Å². The minimum Gasteiger partial charge on any atom is -0.493 e. The number of hydrogen-bond acceptors (Lipinski definition) is 7. The van der Waals surface area contributed by atoms with Crippen molar-refractivity contribution in [2.75, 3.05) is 25.1 Å². The van der Waals surface area contributed by atoms with Gasteiger partial charge in [-0.05, 0) is 62.6 Å². The van der Waals surface area contributed by atoms with E-state index in [0.717, 1.165) is 5.56 Å². The zero-order valence-corrected chi connectivity index (χ0v) is 25.8. The predicted octanol–water partition coefficient (Wildman–Crippen LogP) is 5.69. The van der Waals surface area contributed by atoms with E-state index in [1.807, 2.05) is 45.6 Å². The molecule has 9 nitrogen and oxygen atoms in total. The number of para-hydroxylation sites is 1. The number of methoxy groups -OCH3 is 1. The van der Waals surface area contributed by atoms with E-state index in [-0.39, 0.29) is 40.4 Å². The second kappa shape index (κ2) is 11.8. The lowest BCUT2D eigenvalue weighted by molar-refractivity contribution is -0.128. The van der Waals surface area contributed by atoms with Crippen molar-refractivity contribution in [1.29, 1.82) is 0 Å². The van der Waals surface area contributed by atoms with E-state index in [1.165, 1.54) is 23.8 Å². The van der Waals surface area contributed by atoms with Crippen LogP contribution in [0.25, 0.3) is 28.0 Å². The summed E-state index contributed by atoms with van der Waals surface area (Å²) < 4.78 is 21.6. The first-order chi connectivity index (χ1) is 20.5. The number of anilines is 1. The number of aryl methyl sites for hydroxylation is 1. The molecule has 4 aromatic rings. The molecule has 0 saturated carbocycles. The molecule has 1 amide bonds. The number of halogens is 2. The number of carbonyl (C=O) groups is 1. The van der Waals surface area contributed by atoms with Crippen molar-refractivity contribution >= 4 is 34.4 Å². The van der Waals surface area contributed by atoms with E-state index in [4.69, 9.17) is 21.3 Å². The van der Waals surface area contributed by atoms with E-state index in [9.17, 15) is 14.0 Å². The van der Waals surface area contributed by atoms with Gasteiger partial charge in [0.05, 0.1) is 34.6 Å². The Labute approximate surface area is 254 Å². The van der Waals surface area contributed by atoms with Crippen molar-refractivity contribution in [1.82, 2.24) is 24.4 Å². The summed E-state index contributed by atoms with van der Waals surface area (Å²) in [4.78, 5) is 44.5. The van der Waals surface area contributed by atoms with Gasteiger partial charge in [0.25, 0.3) is 0 Å². The lowest BCUT2D eigenvalue weighted by atomic mass is 10.0. The molecule has 0 spiro atoms. The first-order valence-electron chi connectivity index (χ1n) is 14.1. The van der Waals surface area contributed by atoms with Gasteiger partial charge in [0.2, 0.25) is 5.91 Å². The van der Waals surface area contributed by atoms with E-state index < -0.39 is 11.5 Å². The fourth-order valence-corrected chi connectivity index (χ4v) is 6.00. The lowest BCUT2D eigenvalue weighted by Crippen LogP contribution is -2.58. The number of ether oxygens (including phenoxy) is 1. The van der Waals surface area contributed by atoms with Gasteiger partial charge in [-0.3, -0.25) is 9.78 Å². The van der Waals surface area contributed by atoms with Crippen LogP contribution in [-0.2, 0) is 4.79 Å². The van der Waals surface area contributed by atoms with Crippen LogP contribution < -0.4 is 15.3 Å². The summed E-state index contributed by atoms with van der Waals surface area (Å²) in [5.74, 6) is -0.334. The number of pyridine rings is 2. The first kappa shape index (κ1) is 30.2. The molecule has 5 rings (SSSR count). The van der Waals surface area contributed by atoms with Crippen molar-refractivity contribution in [3.8, 4) is 22.7 Å². The zero-order valence-electron chi connectivity index (χ0n) is 25.1. The fourth-order valence-electron chi connectivity index (χ4n) is 5.75. The number of amides is 1. The fraction of sp³-hybridized carbons (Fsp3) is 0.344. The third kappa shape index (κ3) is 5.24. The Balaban J connectivity index is 1.84. The molecule has 1 aliphatic heterocycles. The van der Waals surface area contributed by atoms with Crippen LogP contribution in [0.3, 0.4) is 0 Å². The molecule has 0 N–H and O–H groups in total. The summed E-state index contributed by atoms with van der Waals surface area (Å²) in [6.45, 7) is 14.3. The molecule has 0 bridgehead atoms. The average Bonchev–Trinajstić information content (AvgIpc) is 2.97. The number of benzene rings is 1. The topological polar surface area (TPSA) is 93.5 Å². The van der Waals surface area contributed by atoms with E-state index >= 15 is 0 Å². The third-order valence-electron chi connectivity index (χ3n) is 7.87. The van der Waals surface area contributed by atoms with Crippen LogP contribution in [-0.4, -0.2) is 62.6 Å². The second-order valence-corrected chi connectivity index (χ2v) is 11.5. The van der Waals surface area contributed by atoms with Crippen molar-refractivity contribution in [3.63, 3.8) is 0 Å². The Hall–Kier alpha value is -4.31. The highest BCUT2D eigenvalue weighted by Crippen LogP contribution is 2.39. The molecule has 224 valence electrons. The Morgan fingerprint density at radius 3 is 2.60 bits per heavy atom. The van der Waals surface area contributed by atoms with Gasteiger partial charge in [0.1, 0.15) is 5.82 Å². The molecule has 43 heavy (non-hydrogen) atoms. The van der Waals surface area contributed by atoms with Crippen LogP contribution in [0.15, 0.2) is 54.0 Å². The van der Waals surface area contributed by atoms with Gasteiger partial charge in [-0.2, -0.15) is 4.98 Å². The summed E-state index contributed by atoms with van der Waals surface area (Å²) in [6.07, 6.45) is 3.02. The minimum atomic E-state index is -0.564. The molecule has 1 saturated heterocycles. The van der Waals surface area contributed by atoms with Gasteiger partial charge < -0.3 is 14.5 Å². The van der Waals surface area contributed by atoms with Crippen LogP contribution >= 0.6 is 11.6 Å². The Bertz CT molecular complexity index is 1810. The quantitative estimate of drug-likeness (QED) is 0.261. The smallest absolute Gasteiger partial charge is 0.355 e. The number of carbonyl (C=O) groups excluding carboxylic acids is 1. The van der Waals surface area contributed by atoms with Crippen LogP contribution in [0.4, 0.5) is 10.2 Å². The van der Waals surface area contributed by atoms with Gasteiger partial charge in [0.15, 0.2) is 17.2 Å². The number of rotatable bonds is 6. The van der Waals surface area contributed by atoms with E-state index in [2.05, 4.69) is 16.5 Å². The SMILES string of the molecule is C=CC(=O)N1CC(C)N(c2nc(=O)n(-c3c(C)ccnc3C(C)C)c3nc(-c4cccc(F)c4OC)c(Cl)cc23)CC1C. The summed E-state index contributed by atoms with van der Waals surface area (Å²) in [6, 6.07) is 7.70. The van der Waals surface area contributed by atoms with Crippen molar-refractivity contribution in [2.45, 2.75) is 52.6 Å². The summed E-state index contributed by atoms with van der Waals surface area (Å²) in [7, 11) is 1.38. The highest BCUT2D eigenvalue weighted by atomic mass is 35.5. The number of fused-ring (bicyclic) bond motifs is 1. The number of nitrogens with zero attached hydrogens (tertiary/aromatic N) is 6. The minimum absolute atomic E-state index is 0.00897. The van der Waals surface area contributed by atoms with E-state index in [0.29, 0.717) is 46.9 Å². The maximum atomic E-state index is 14.8. The predicted molar refractivity (Wildman–Crippen MR) is 167 cm³/mol. The Morgan fingerprint density at radius 2 is 1.93 bits per heavy atom. The molecule has 0 aliphatic carbocycles. The van der Waals surface area contributed by atoms with Crippen molar-refractivity contribution in [3.05, 3.63) is 81.8 Å². The van der Waals surface area contributed by atoms with E-state index in [1.54, 1.807) is 29.3 Å². The molecular formula is C32H34ClFN6O3. The molecule has 4 heterocycles. The zero-order chi connectivity index (χ0) is 31.2. The molecule has 0 radical (unpaired) electrons. The van der Waals surface area contributed by atoms with Crippen LogP contribution in [0.5, 0.6) is 5.75 Å². The van der Waals surface area contributed by atoms with Gasteiger partial charge >= 0.3 is 5.69 Å². The number of hydrogen-bond donors (Lipinski definition) is 0. The van der Waals surface area contributed by atoms with Gasteiger partial charge in [-0.25, -0.2) is 18.7 Å². The second-order valence-electron chi connectivity index (χ2n) is 11.1. The maximum absolute atomic E-state index is 14.8. The molecule has 11 heteroatoms. The normalized spacial score (nSPS) is 17.0. The third-order valence-corrected chi connectivity index (χ3v) is 8.16.